The first kappa shape index (κ1) is 17.4. The lowest BCUT2D eigenvalue weighted by molar-refractivity contribution is -0.118. The van der Waals surface area contributed by atoms with Crippen LogP contribution in [0.5, 0.6) is 5.75 Å². The number of carbonyl (C=O) groups excluding carboxylic acids is 1. The van der Waals surface area contributed by atoms with E-state index in [2.05, 4.69) is 43.2 Å². The van der Waals surface area contributed by atoms with Crippen molar-refractivity contribution >= 4 is 22.4 Å². The summed E-state index contributed by atoms with van der Waals surface area (Å²) in [5.74, 6) is 0.446. The lowest BCUT2D eigenvalue weighted by atomic mass is 9.87. The highest BCUT2D eigenvalue weighted by Gasteiger charge is 2.13. The largest absolute Gasteiger partial charge is 0.484 e. The number of ether oxygens (including phenoxy) is 1. The smallest absolute Gasteiger partial charge is 0.264 e. The Morgan fingerprint density at radius 1 is 1.22 bits per heavy atom. The van der Waals surface area contributed by atoms with Crippen LogP contribution < -0.4 is 10.1 Å². The Balaban J connectivity index is 1.84. The molecule has 1 N–H and O–H groups in total. The summed E-state index contributed by atoms with van der Waals surface area (Å²) in [6, 6.07) is 7.82. The van der Waals surface area contributed by atoms with Gasteiger partial charge in [0.15, 0.2) is 6.61 Å². The van der Waals surface area contributed by atoms with E-state index in [1.807, 2.05) is 24.3 Å². The summed E-state index contributed by atoms with van der Waals surface area (Å²) in [6.07, 6.45) is 1.89. The minimum Gasteiger partial charge on any atom is -0.484 e. The molecule has 0 radical (unpaired) electrons. The van der Waals surface area contributed by atoms with Crippen molar-refractivity contribution in [2.75, 3.05) is 11.9 Å². The Morgan fingerprint density at radius 3 is 2.52 bits per heavy atom. The van der Waals surface area contributed by atoms with Crippen molar-refractivity contribution < 1.29 is 9.53 Å². The van der Waals surface area contributed by atoms with Gasteiger partial charge in [-0.2, -0.15) is 0 Å². The van der Waals surface area contributed by atoms with Gasteiger partial charge in [-0.1, -0.05) is 51.2 Å². The molecule has 6 heteroatoms. The van der Waals surface area contributed by atoms with Gasteiger partial charge in [-0.3, -0.25) is 10.1 Å². The molecule has 0 atom stereocenters. The van der Waals surface area contributed by atoms with Crippen LogP contribution in [0.2, 0.25) is 0 Å². The van der Waals surface area contributed by atoms with Gasteiger partial charge in [0.25, 0.3) is 5.91 Å². The molecule has 0 bridgehead atoms. The molecule has 1 aromatic heterocycles. The fraction of sp³-hybridized carbons (Fsp3) is 0.471. The molecular formula is C17H23N3O2S. The second kappa shape index (κ2) is 7.55. The van der Waals surface area contributed by atoms with Crippen LogP contribution >= 0.6 is 11.3 Å². The van der Waals surface area contributed by atoms with E-state index in [-0.39, 0.29) is 17.9 Å². The first-order valence-corrected chi connectivity index (χ1v) is 8.55. The molecule has 1 heterocycles. The Bertz CT molecular complexity index is 645. The molecule has 0 fully saturated rings. The number of aromatic nitrogens is 2. The van der Waals surface area contributed by atoms with E-state index in [4.69, 9.17) is 4.74 Å². The third-order valence-electron chi connectivity index (χ3n) is 3.27. The zero-order valence-electron chi connectivity index (χ0n) is 14.0. The third-order valence-corrected chi connectivity index (χ3v) is 4.17. The van der Waals surface area contributed by atoms with Gasteiger partial charge in [0.2, 0.25) is 5.13 Å². The number of anilines is 1. The molecule has 0 spiro atoms. The van der Waals surface area contributed by atoms with Gasteiger partial charge in [0.05, 0.1) is 0 Å². The average Bonchev–Trinajstić information content (AvgIpc) is 2.92. The van der Waals surface area contributed by atoms with Gasteiger partial charge in [0, 0.05) is 6.42 Å². The molecule has 0 aliphatic carbocycles. The van der Waals surface area contributed by atoms with Gasteiger partial charge in [0.1, 0.15) is 10.8 Å². The van der Waals surface area contributed by atoms with Crippen molar-refractivity contribution in [3.63, 3.8) is 0 Å². The molecule has 2 rings (SSSR count). The van der Waals surface area contributed by atoms with Crippen LogP contribution in [0, 0.1) is 0 Å². The quantitative estimate of drug-likeness (QED) is 0.873. The Kier molecular flexibility index (Phi) is 5.71. The van der Waals surface area contributed by atoms with E-state index in [9.17, 15) is 4.79 Å². The molecule has 23 heavy (non-hydrogen) atoms. The molecule has 5 nitrogen and oxygen atoms in total. The van der Waals surface area contributed by atoms with Crippen LogP contribution in [-0.4, -0.2) is 22.7 Å². The van der Waals surface area contributed by atoms with Crippen molar-refractivity contribution in [2.45, 2.75) is 46.0 Å². The van der Waals surface area contributed by atoms with Gasteiger partial charge in [-0.05, 0) is 29.5 Å². The van der Waals surface area contributed by atoms with Gasteiger partial charge < -0.3 is 4.74 Å². The molecule has 1 aromatic carbocycles. The highest BCUT2D eigenvalue weighted by molar-refractivity contribution is 7.15. The highest BCUT2D eigenvalue weighted by Crippen LogP contribution is 2.24. The van der Waals surface area contributed by atoms with Crippen molar-refractivity contribution in [3.8, 4) is 5.75 Å². The topological polar surface area (TPSA) is 64.1 Å². The van der Waals surface area contributed by atoms with Crippen LogP contribution in [0.1, 0.15) is 44.7 Å². The fourth-order valence-electron chi connectivity index (χ4n) is 1.97. The Labute approximate surface area is 141 Å². The standard InChI is InChI=1S/C17H23N3O2S/c1-5-6-15-19-20-16(23-15)18-14(21)11-22-13-9-7-12(8-10-13)17(2,3)4/h7-10H,5-6,11H2,1-4H3,(H,18,20,21). The van der Waals surface area contributed by atoms with E-state index < -0.39 is 0 Å². The summed E-state index contributed by atoms with van der Waals surface area (Å²) in [5.41, 5.74) is 1.33. The maximum atomic E-state index is 11.9. The van der Waals surface area contributed by atoms with E-state index in [1.165, 1.54) is 16.9 Å². The summed E-state index contributed by atoms with van der Waals surface area (Å²) in [6.45, 7) is 8.51. The molecule has 0 saturated heterocycles. The molecule has 2 aromatic rings. The fourth-order valence-corrected chi connectivity index (χ4v) is 2.83. The van der Waals surface area contributed by atoms with Gasteiger partial charge >= 0.3 is 0 Å². The second-order valence-corrected chi connectivity index (χ2v) is 7.42. The minimum absolute atomic E-state index is 0.0441. The predicted octanol–water partition coefficient (Wildman–Crippen LogP) is 3.81. The molecule has 0 saturated carbocycles. The number of carbonyl (C=O) groups is 1. The summed E-state index contributed by atoms with van der Waals surface area (Å²) in [5, 5.41) is 12.1. The van der Waals surface area contributed by atoms with Crippen molar-refractivity contribution in [2.24, 2.45) is 0 Å². The monoisotopic (exact) mass is 333 g/mol. The third kappa shape index (κ3) is 5.32. The van der Waals surface area contributed by atoms with Crippen molar-refractivity contribution in [3.05, 3.63) is 34.8 Å². The maximum absolute atomic E-state index is 11.9. The zero-order chi connectivity index (χ0) is 16.9. The predicted molar refractivity (Wildman–Crippen MR) is 93.2 cm³/mol. The normalized spacial score (nSPS) is 11.3. The van der Waals surface area contributed by atoms with Crippen LogP contribution in [-0.2, 0) is 16.6 Å². The number of hydrogen-bond donors (Lipinski definition) is 1. The molecule has 1 amide bonds. The molecule has 0 unspecified atom stereocenters. The van der Waals surface area contributed by atoms with E-state index in [0.717, 1.165) is 17.8 Å². The first-order valence-electron chi connectivity index (χ1n) is 7.74. The number of nitrogens with zero attached hydrogens (tertiary/aromatic N) is 2. The van der Waals surface area contributed by atoms with Crippen LogP contribution in [0.4, 0.5) is 5.13 Å². The van der Waals surface area contributed by atoms with Crippen LogP contribution in [0.15, 0.2) is 24.3 Å². The lowest BCUT2D eigenvalue weighted by Gasteiger charge is -2.19. The molecule has 0 aliphatic rings. The molecule has 124 valence electrons. The number of nitrogens with one attached hydrogen (secondary N) is 1. The van der Waals surface area contributed by atoms with Crippen molar-refractivity contribution in [1.82, 2.24) is 10.2 Å². The summed E-state index contributed by atoms with van der Waals surface area (Å²) in [7, 11) is 0. The maximum Gasteiger partial charge on any atom is 0.264 e. The number of benzene rings is 1. The van der Waals surface area contributed by atoms with Gasteiger partial charge in [-0.25, -0.2) is 0 Å². The lowest BCUT2D eigenvalue weighted by Crippen LogP contribution is -2.20. The SMILES string of the molecule is CCCc1nnc(NC(=O)COc2ccc(C(C)(C)C)cc2)s1. The molecular weight excluding hydrogens is 310 g/mol. The number of rotatable bonds is 6. The number of amides is 1. The zero-order valence-corrected chi connectivity index (χ0v) is 14.9. The van der Waals surface area contributed by atoms with E-state index in [0.29, 0.717) is 10.9 Å². The van der Waals surface area contributed by atoms with Gasteiger partial charge in [-0.15, -0.1) is 10.2 Å². The first-order chi connectivity index (χ1) is 10.9. The average molecular weight is 333 g/mol. The van der Waals surface area contributed by atoms with Crippen molar-refractivity contribution in [1.29, 1.82) is 0 Å². The Morgan fingerprint density at radius 2 is 1.91 bits per heavy atom. The summed E-state index contributed by atoms with van der Waals surface area (Å²) < 4.78 is 5.51. The second-order valence-electron chi connectivity index (χ2n) is 6.36. The van der Waals surface area contributed by atoms with Crippen LogP contribution in [0.25, 0.3) is 0 Å². The summed E-state index contributed by atoms with van der Waals surface area (Å²) in [4.78, 5) is 11.9. The minimum atomic E-state index is -0.232. The van der Waals surface area contributed by atoms with E-state index in [1.54, 1.807) is 0 Å². The van der Waals surface area contributed by atoms with Crippen LogP contribution in [0.3, 0.4) is 0 Å². The number of hydrogen-bond acceptors (Lipinski definition) is 5. The molecule has 0 aliphatic heterocycles. The number of aryl methyl sites for hydroxylation is 1. The summed E-state index contributed by atoms with van der Waals surface area (Å²) >= 11 is 1.40. The van der Waals surface area contributed by atoms with E-state index >= 15 is 0 Å². The Hall–Kier alpha value is -1.95. The highest BCUT2D eigenvalue weighted by atomic mass is 32.1.